The molecule has 90 valence electrons. The minimum absolute atomic E-state index is 0.101. The summed E-state index contributed by atoms with van der Waals surface area (Å²) in [6, 6.07) is 6.66. The molecule has 0 aliphatic heterocycles. The van der Waals surface area contributed by atoms with E-state index < -0.39 is 0 Å². The molecule has 3 nitrogen and oxygen atoms in total. The van der Waals surface area contributed by atoms with E-state index in [9.17, 15) is 4.39 Å². The highest BCUT2D eigenvalue weighted by Gasteiger charge is 2.09. The van der Waals surface area contributed by atoms with Crippen LogP contribution in [0.5, 0.6) is 0 Å². The van der Waals surface area contributed by atoms with Gasteiger partial charge in [-0.1, -0.05) is 18.2 Å². The Bertz CT molecular complexity index is 517. The van der Waals surface area contributed by atoms with E-state index in [1.54, 1.807) is 12.1 Å². The third-order valence-electron chi connectivity index (χ3n) is 2.76. The van der Waals surface area contributed by atoms with Crippen molar-refractivity contribution in [2.45, 2.75) is 26.4 Å². The van der Waals surface area contributed by atoms with Gasteiger partial charge in [0.2, 0.25) is 0 Å². The summed E-state index contributed by atoms with van der Waals surface area (Å²) in [5.74, 6) is 0.656. The molecule has 17 heavy (non-hydrogen) atoms. The fraction of sp³-hybridized carbons (Fsp3) is 0.308. The van der Waals surface area contributed by atoms with Crippen LogP contribution in [0, 0.1) is 12.7 Å². The SMILES string of the molecule is Cc1nc(C(C)N)cn1Cc1ccccc1F. The lowest BCUT2D eigenvalue weighted by molar-refractivity contribution is 0.597. The van der Waals surface area contributed by atoms with Crippen molar-refractivity contribution in [3.05, 3.63) is 53.4 Å². The topological polar surface area (TPSA) is 43.8 Å². The molecule has 1 aromatic carbocycles. The maximum atomic E-state index is 13.5. The molecular formula is C13H16FN3. The Hall–Kier alpha value is -1.68. The summed E-state index contributed by atoms with van der Waals surface area (Å²) in [5.41, 5.74) is 7.26. The molecule has 1 heterocycles. The zero-order valence-corrected chi connectivity index (χ0v) is 10.0. The minimum atomic E-state index is -0.192. The molecular weight excluding hydrogens is 217 g/mol. The number of hydrogen-bond acceptors (Lipinski definition) is 2. The molecule has 0 aliphatic rings. The number of benzene rings is 1. The minimum Gasteiger partial charge on any atom is -0.330 e. The second-order valence-electron chi connectivity index (χ2n) is 4.22. The summed E-state index contributed by atoms with van der Waals surface area (Å²) in [6.07, 6.45) is 1.88. The van der Waals surface area contributed by atoms with Crippen LogP contribution >= 0.6 is 0 Å². The summed E-state index contributed by atoms with van der Waals surface area (Å²) < 4.78 is 15.4. The molecule has 0 saturated heterocycles. The van der Waals surface area contributed by atoms with E-state index in [1.165, 1.54) is 6.07 Å². The van der Waals surface area contributed by atoms with Crippen molar-refractivity contribution in [3.63, 3.8) is 0 Å². The summed E-state index contributed by atoms with van der Waals surface area (Å²) in [7, 11) is 0. The molecule has 0 radical (unpaired) electrons. The van der Waals surface area contributed by atoms with Gasteiger partial charge in [0, 0.05) is 17.8 Å². The Balaban J connectivity index is 2.27. The number of aromatic nitrogens is 2. The number of aryl methyl sites for hydroxylation is 1. The summed E-state index contributed by atoms with van der Waals surface area (Å²) in [5, 5.41) is 0. The largest absolute Gasteiger partial charge is 0.330 e. The lowest BCUT2D eigenvalue weighted by atomic mass is 10.2. The van der Waals surface area contributed by atoms with Gasteiger partial charge in [0.25, 0.3) is 0 Å². The lowest BCUT2D eigenvalue weighted by Gasteiger charge is -2.05. The van der Waals surface area contributed by atoms with E-state index in [1.807, 2.05) is 30.7 Å². The van der Waals surface area contributed by atoms with Gasteiger partial charge in [-0.05, 0) is 19.9 Å². The Kier molecular flexibility index (Phi) is 3.24. The van der Waals surface area contributed by atoms with Crippen molar-refractivity contribution in [1.82, 2.24) is 9.55 Å². The lowest BCUT2D eigenvalue weighted by Crippen LogP contribution is -2.05. The second kappa shape index (κ2) is 4.67. The molecule has 4 heteroatoms. The van der Waals surface area contributed by atoms with E-state index in [2.05, 4.69) is 4.98 Å². The summed E-state index contributed by atoms with van der Waals surface area (Å²) >= 11 is 0. The second-order valence-corrected chi connectivity index (χ2v) is 4.22. The van der Waals surface area contributed by atoms with Gasteiger partial charge in [-0.3, -0.25) is 0 Å². The quantitative estimate of drug-likeness (QED) is 0.884. The van der Waals surface area contributed by atoms with E-state index in [0.717, 1.165) is 11.5 Å². The van der Waals surface area contributed by atoms with E-state index >= 15 is 0 Å². The average Bonchev–Trinajstić information content (AvgIpc) is 2.64. The zero-order valence-electron chi connectivity index (χ0n) is 10.0. The normalized spacial score (nSPS) is 12.7. The van der Waals surface area contributed by atoms with Crippen LogP contribution in [-0.2, 0) is 6.54 Å². The number of halogens is 1. The molecule has 2 aromatic rings. The maximum Gasteiger partial charge on any atom is 0.128 e. The molecule has 0 bridgehead atoms. The summed E-state index contributed by atoms with van der Waals surface area (Å²) in [6.45, 7) is 4.26. The van der Waals surface area contributed by atoms with Gasteiger partial charge < -0.3 is 10.3 Å². The van der Waals surface area contributed by atoms with Crippen LogP contribution in [0.3, 0.4) is 0 Å². The monoisotopic (exact) mass is 233 g/mol. The molecule has 1 atom stereocenters. The van der Waals surface area contributed by atoms with Crippen molar-refractivity contribution in [3.8, 4) is 0 Å². The Morgan fingerprint density at radius 1 is 1.41 bits per heavy atom. The van der Waals surface area contributed by atoms with Crippen LogP contribution in [0.15, 0.2) is 30.5 Å². The molecule has 0 aliphatic carbocycles. The van der Waals surface area contributed by atoms with Gasteiger partial charge >= 0.3 is 0 Å². The van der Waals surface area contributed by atoms with E-state index in [0.29, 0.717) is 12.1 Å². The molecule has 0 fully saturated rings. The Labute approximate surface area is 100 Å². The van der Waals surface area contributed by atoms with Crippen LogP contribution in [0.1, 0.15) is 30.0 Å². The zero-order chi connectivity index (χ0) is 12.4. The van der Waals surface area contributed by atoms with Gasteiger partial charge in [-0.25, -0.2) is 9.37 Å². The predicted molar refractivity (Wildman–Crippen MR) is 65.1 cm³/mol. The number of imidazole rings is 1. The third-order valence-corrected chi connectivity index (χ3v) is 2.76. The molecule has 0 amide bonds. The predicted octanol–water partition coefficient (Wildman–Crippen LogP) is 2.40. The van der Waals surface area contributed by atoms with Crippen LogP contribution in [-0.4, -0.2) is 9.55 Å². The van der Waals surface area contributed by atoms with Gasteiger partial charge in [0.15, 0.2) is 0 Å². The molecule has 1 unspecified atom stereocenters. The first-order valence-corrected chi connectivity index (χ1v) is 5.60. The first-order chi connectivity index (χ1) is 8.08. The van der Waals surface area contributed by atoms with Crippen LogP contribution in [0.2, 0.25) is 0 Å². The molecule has 0 saturated carbocycles. The van der Waals surface area contributed by atoms with Crippen molar-refractivity contribution < 1.29 is 4.39 Å². The van der Waals surface area contributed by atoms with Crippen molar-refractivity contribution in [2.75, 3.05) is 0 Å². The van der Waals surface area contributed by atoms with Gasteiger partial charge in [-0.2, -0.15) is 0 Å². The van der Waals surface area contributed by atoms with Crippen molar-refractivity contribution in [1.29, 1.82) is 0 Å². The molecule has 0 spiro atoms. The number of rotatable bonds is 3. The maximum absolute atomic E-state index is 13.5. The highest BCUT2D eigenvalue weighted by Crippen LogP contribution is 2.13. The van der Waals surface area contributed by atoms with Gasteiger partial charge in [-0.15, -0.1) is 0 Å². The van der Waals surface area contributed by atoms with Crippen LogP contribution in [0.25, 0.3) is 0 Å². The van der Waals surface area contributed by atoms with Crippen molar-refractivity contribution in [2.24, 2.45) is 5.73 Å². The fourth-order valence-electron chi connectivity index (χ4n) is 1.72. The molecule has 1 aromatic heterocycles. The van der Waals surface area contributed by atoms with Crippen LogP contribution < -0.4 is 5.73 Å². The molecule has 2 N–H and O–H groups in total. The van der Waals surface area contributed by atoms with Gasteiger partial charge in [0.05, 0.1) is 12.2 Å². The smallest absolute Gasteiger partial charge is 0.128 e. The molecule has 2 rings (SSSR count). The third kappa shape index (κ3) is 2.53. The summed E-state index contributed by atoms with van der Waals surface area (Å²) in [4.78, 5) is 4.35. The average molecular weight is 233 g/mol. The van der Waals surface area contributed by atoms with Crippen molar-refractivity contribution >= 4 is 0 Å². The van der Waals surface area contributed by atoms with Gasteiger partial charge in [0.1, 0.15) is 11.6 Å². The standard InChI is InChI=1S/C13H16FN3/c1-9(15)13-8-17(10(2)16-13)7-11-5-3-4-6-12(11)14/h3-6,8-9H,7,15H2,1-2H3. The number of nitrogens with two attached hydrogens (primary N) is 1. The highest BCUT2D eigenvalue weighted by molar-refractivity contribution is 5.19. The Morgan fingerprint density at radius 3 is 2.71 bits per heavy atom. The fourth-order valence-corrected chi connectivity index (χ4v) is 1.72. The number of hydrogen-bond donors (Lipinski definition) is 1. The van der Waals surface area contributed by atoms with E-state index in [-0.39, 0.29) is 11.9 Å². The first-order valence-electron chi connectivity index (χ1n) is 5.60. The van der Waals surface area contributed by atoms with E-state index in [4.69, 9.17) is 5.73 Å². The highest BCUT2D eigenvalue weighted by atomic mass is 19.1. The Morgan fingerprint density at radius 2 is 2.12 bits per heavy atom. The first kappa shape index (κ1) is 11.8. The number of nitrogens with zero attached hydrogens (tertiary/aromatic N) is 2. The van der Waals surface area contributed by atoms with Crippen LogP contribution in [0.4, 0.5) is 4.39 Å².